The second-order valence-corrected chi connectivity index (χ2v) is 5.10. The second-order valence-electron chi connectivity index (χ2n) is 5.10. The molecule has 6 heteroatoms. The molecule has 0 aromatic heterocycles. The van der Waals surface area contributed by atoms with Gasteiger partial charge in [0.15, 0.2) is 11.6 Å². The Morgan fingerprint density at radius 1 is 1.48 bits per heavy atom. The zero-order valence-corrected chi connectivity index (χ0v) is 12.9. The van der Waals surface area contributed by atoms with Gasteiger partial charge in [0.05, 0.1) is 6.61 Å². The molecule has 0 bridgehead atoms. The number of halogens is 2. The lowest BCUT2D eigenvalue weighted by atomic mass is 9.95. The third-order valence-corrected chi connectivity index (χ3v) is 3.80. The number of anilines is 1. The third kappa shape index (κ3) is 4.32. The van der Waals surface area contributed by atoms with Gasteiger partial charge in [-0.3, -0.25) is 4.79 Å². The molecule has 1 fully saturated rings. The summed E-state index contributed by atoms with van der Waals surface area (Å²) < 4.78 is 18.8. The van der Waals surface area contributed by atoms with Gasteiger partial charge in [0.25, 0.3) is 0 Å². The molecule has 1 aromatic carbocycles. The highest BCUT2D eigenvalue weighted by atomic mass is 35.5. The average Bonchev–Trinajstić information content (AvgIpc) is 2.90. The molecule has 0 unspecified atom stereocenters. The summed E-state index contributed by atoms with van der Waals surface area (Å²) in [5.74, 6) is -0.156. The van der Waals surface area contributed by atoms with E-state index in [1.54, 1.807) is 13.0 Å². The van der Waals surface area contributed by atoms with Crippen LogP contribution in [-0.4, -0.2) is 19.1 Å². The topological polar surface area (TPSA) is 64.3 Å². The molecule has 3 N–H and O–H groups in total. The molecule has 1 saturated carbocycles. The van der Waals surface area contributed by atoms with Crippen LogP contribution in [0.2, 0.25) is 0 Å². The van der Waals surface area contributed by atoms with Gasteiger partial charge in [0.2, 0.25) is 5.91 Å². The lowest BCUT2D eigenvalue weighted by molar-refractivity contribution is -0.120. The number of nitrogens with one attached hydrogen (secondary N) is 1. The molecular weight excluding hydrogens is 295 g/mol. The first kappa shape index (κ1) is 17.7. The van der Waals surface area contributed by atoms with Crippen LogP contribution in [0.4, 0.5) is 10.1 Å². The first-order chi connectivity index (χ1) is 9.65. The van der Waals surface area contributed by atoms with Crippen molar-refractivity contribution in [3.8, 4) is 5.75 Å². The van der Waals surface area contributed by atoms with Crippen LogP contribution in [0, 0.1) is 17.7 Å². The molecule has 118 valence electrons. The second kappa shape index (κ2) is 8.20. The van der Waals surface area contributed by atoms with Crippen molar-refractivity contribution in [2.45, 2.75) is 26.2 Å². The highest BCUT2D eigenvalue weighted by molar-refractivity contribution is 5.93. The van der Waals surface area contributed by atoms with Gasteiger partial charge in [-0.05, 0) is 44.4 Å². The summed E-state index contributed by atoms with van der Waals surface area (Å²) >= 11 is 0. The summed E-state index contributed by atoms with van der Waals surface area (Å²) in [6, 6.07) is 4.47. The smallest absolute Gasteiger partial charge is 0.227 e. The molecule has 2 atom stereocenters. The van der Waals surface area contributed by atoms with Crippen molar-refractivity contribution in [1.29, 1.82) is 0 Å². The molecule has 0 radical (unpaired) electrons. The van der Waals surface area contributed by atoms with Crippen molar-refractivity contribution in [2.75, 3.05) is 18.5 Å². The number of hydrogen-bond donors (Lipinski definition) is 2. The van der Waals surface area contributed by atoms with Crippen molar-refractivity contribution in [3.63, 3.8) is 0 Å². The molecule has 0 heterocycles. The number of hydrogen-bond acceptors (Lipinski definition) is 3. The van der Waals surface area contributed by atoms with Crippen molar-refractivity contribution in [1.82, 2.24) is 0 Å². The molecule has 0 aliphatic heterocycles. The van der Waals surface area contributed by atoms with Gasteiger partial charge in [-0.15, -0.1) is 12.4 Å². The Labute approximate surface area is 130 Å². The Morgan fingerprint density at radius 3 is 2.86 bits per heavy atom. The van der Waals surface area contributed by atoms with Crippen LogP contribution < -0.4 is 15.8 Å². The van der Waals surface area contributed by atoms with E-state index >= 15 is 0 Å². The van der Waals surface area contributed by atoms with E-state index in [1.807, 2.05) is 0 Å². The van der Waals surface area contributed by atoms with Gasteiger partial charge in [-0.25, -0.2) is 4.39 Å². The molecule has 21 heavy (non-hydrogen) atoms. The monoisotopic (exact) mass is 316 g/mol. The third-order valence-electron chi connectivity index (χ3n) is 3.80. The first-order valence-electron chi connectivity index (χ1n) is 7.09. The average molecular weight is 317 g/mol. The molecule has 0 spiro atoms. The molecular formula is C15H22ClFN2O2. The highest BCUT2D eigenvalue weighted by Crippen LogP contribution is 2.32. The molecule has 1 amide bonds. The van der Waals surface area contributed by atoms with Crippen LogP contribution in [0.3, 0.4) is 0 Å². The number of benzene rings is 1. The van der Waals surface area contributed by atoms with Crippen molar-refractivity contribution < 1.29 is 13.9 Å². The van der Waals surface area contributed by atoms with E-state index in [2.05, 4.69) is 5.32 Å². The number of ether oxygens (including phenoxy) is 1. The maximum absolute atomic E-state index is 13.7. The van der Waals surface area contributed by atoms with E-state index in [0.717, 1.165) is 19.3 Å². The molecule has 2 rings (SSSR count). The number of amides is 1. The normalized spacial score (nSPS) is 20.7. The maximum atomic E-state index is 13.7. The predicted molar refractivity (Wildman–Crippen MR) is 83.3 cm³/mol. The Balaban J connectivity index is 0.00000220. The Kier molecular flexibility index (Phi) is 6.92. The zero-order valence-electron chi connectivity index (χ0n) is 12.1. The predicted octanol–water partition coefficient (Wildman–Crippen LogP) is 2.96. The minimum atomic E-state index is -0.466. The van der Waals surface area contributed by atoms with Crippen LogP contribution >= 0.6 is 12.4 Å². The number of carbonyl (C=O) groups excluding carboxylic acids is 1. The van der Waals surface area contributed by atoms with E-state index in [9.17, 15) is 9.18 Å². The van der Waals surface area contributed by atoms with E-state index in [1.165, 1.54) is 12.1 Å². The van der Waals surface area contributed by atoms with E-state index < -0.39 is 5.82 Å². The summed E-state index contributed by atoms with van der Waals surface area (Å²) in [4.78, 5) is 12.2. The minimum Gasteiger partial charge on any atom is -0.491 e. The summed E-state index contributed by atoms with van der Waals surface area (Å²) in [6.45, 7) is 2.72. The van der Waals surface area contributed by atoms with Gasteiger partial charge in [-0.2, -0.15) is 0 Å². The standard InChI is InChI=1S/C15H21FN2O2.ClH/c1-2-20-14-7-6-11(8-13(14)16)18-15(19)12-5-3-4-10(12)9-17;/h6-8,10,12H,2-5,9,17H2,1H3,(H,18,19);1H/t10-,12-;/m1./s1. The fourth-order valence-electron chi connectivity index (χ4n) is 2.75. The van der Waals surface area contributed by atoms with Crippen molar-refractivity contribution >= 4 is 24.0 Å². The molecule has 1 aliphatic rings. The largest absolute Gasteiger partial charge is 0.491 e. The molecule has 4 nitrogen and oxygen atoms in total. The summed E-state index contributed by atoms with van der Waals surface area (Å²) in [6.07, 6.45) is 2.87. The minimum absolute atomic E-state index is 0. The first-order valence-corrected chi connectivity index (χ1v) is 7.09. The lowest BCUT2D eigenvalue weighted by Crippen LogP contribution is -2.29. The summed E-state index contributed by atoms with van der Waals surface area (Å²) in [5.41, 5.74) is 6.13. The SMILES string of the molecule is CCOc1ccc(NC(=O)[C@@H]2CCC[C@@H]2CN)cc1F.Cl. The van der Waals surface area contributed by atoms with E-state index in [4.69, 9.17) is 10.5 Å². The van der Waals surface area contributed by atoms with E-state index in [-0.39, 0.29) is 35.9 Å². The lowest BCUT2D eigenvalue weighted by Gasteiger charge is -2.17. The van der Waals surface area contributed by atoms with Crippen LogP contribution in [-0.2, 0) is 4.79 Å². The highest BCUT2D eigenvalue weighted by Gasteiger charge is 2.31. The zero-order chi connectivity index (χ0) is 14.5. The fourth-order valence-corrected chi connectivity index (χ4v) is 2.75. The Bertz CT molecular complexity index is 485. The maximum Gasteiger partial charge on any atom is 0.227 e. The molecule has 1 aromatic rings. The van der Waals surface area contributed by atoms with Crippen LogP contribution in [0.15, 0.2) is 18.2 Å². The Morgan fingerprint density at radius 2 is 2.24 bits per heavy atom. The molecule has 1 aliphatic carbocycles. The van der Waals surface area contributed by atoms with Gasteiger partial charge < -0.3 is 15.8 Å². The van der Waals surface area contributed by atoms with Crippen LogP contribution in [0.1, 0.15) is 26.2 Å². The Hall–Kier alpha value is -1.33. The summed E-state index contributed by atoms with van der Waals surface area (Å²) in [7, 11) is 0. The quantitative estimate of drug-likeness (QED) is 0.877. The van der Waals surface area contributed by atoms with Gasteiger partial charge in [0, 0.05) is 17.7 Å². The number of carbonyl (C=O) groups is 1. The van der Waals surface area contributed by atoms with Crippen LogP contribution in [0.25, 0.3) is 0 Å². The van der Waals surface area contributed by atoms with E-state index in [0.29, 0.717) is 18.8 Å². The fraction of sp³-hybridized carbons (Fsp3) is 0.533. The number of nitrogens with two attached hydrogens (primary N) is 1. The van der Waals surface area contributed by atoms with Gasteiger partial charge in [0.1, 0.15) is 0 Å². The van der Waals surface area contributed by atoms with Crippen LogP contribution in [0.5, 0.6) is 5.75 Å². The van der Waals surface area contributed by atoms with Gasteiger partial charge in [-0.1, -0.05) is 6.42 Å². The van der Waals surface area contributed by atoms with Crippen molar-refractivity contribution in [3.05, 3.63) is 24.0 Å². The summed E-state index contributed by atoms with van der Waals surface area (Å²) in [5, 5.41) is 2.77. The van der Waals surface area contributed by atoms with Gasteiger partial charge >= 0.3 is 0 Å². The van der Waals surface area contributed by atoms with Crippen molar-refractivity contribution in [2.24, 2.45) is 17.6 Å². The molecule has 0 saturated heterocycles. The number of rotatable bonds is 5.